The standard InChI is InChI=1S/C17H26FOSi/c1-3-17(4-2,19-20)13-8-6-5-7-10-15-11-9-12-16(18)14-15/h9,11-12,14H,3-8,10,13H2,1-2H3. The van der Waals surface area contributed by atoms with Gasteiger partial charge in [-0.1, -0.05) is 45.2 Å². The van der Waals surface area contributed by atoms with E-state index in [0.717, 1.165) is 37.7 Å². The van der Waals surface area contributed by atoms with E-state index in [-0.39, 0.29) is 11.4 Å². The van der Waals surface area contributed by atoms with Gasteiger partial charge in [-0.05, 0) is 49.8 Å². The van der Waals surface area contributed by atoms with Crippen molar-refractivity contribution >= 4 is 10.5 Å². The number of rotatable bonds is 10. The number of hydrogen-bond acceptors (Lipinski definition) is 1. The van der Waals surface area contributed by atoms with E-state index in [2.05, 4.69) is 24.3 Å². The molecule has 3 radical (unpaired) electrons. The van der Waals surface area contributed by atoms with Crippen molar-refractivity contribution in [1.29, 1.82) is 0 Å². The molecule has 0 amide bonds. The van der Waals surface area contributed by atoms with Gasteiger partial charge in [-0.2, -0.15) is 0 Å². The molecule has 0 unspecified atom stereocenters. The van der Waals surface area contributed by atoms with Crippen LogP contribution >= 0.6 is 0 Å². The van der Waals surface area contributed by atoms with Gasteiger partial charge in [0.15, 0.2) is 0 Å². The molecule has 3 heteroatoms. The summed E-state index contributed by atoms with van der Waals surface area (Å²) in [6.45, 7) is 4.35. The van der Waals surface area contributed by atoms with Gasteiger partial charge in [-0.25, -0.2) is 4.39 Å². The van der Waals surface area contributed by atoms with Crippen LogP contribution in [0.2, 0.25) is 0 Å². The third kappa shape index (κ3) is 5.76. The first kappa shape index (κ1) is 17.4. The van der Waals surface area contributed by atoms with E-state index in [9.17, 15) is 4.39 Å². The minimum Gasteiger partial charge on any atom is -0.413 e. The Morgan fingerprint density at radius 1 is 1.10 bits per heavy atom. The average molecular weight is 293 g/mol. The molecule has 0 aliphatic carbocycles. The molecule has 20 heavy (non-hydrogen) atoms. The fourth-order valence-electron chi connectivity index (χ4n) is 2.62. The molecular formula is C17H26FOSi. The summed E-state index contributed by atoms with van der Waals surface area (Å²) in [7, 11) is 3.23. The molecule has 1 rings (SSSR count). The zero-order valence-corrected chi connectivity index (χ0v) is 13.8. The van der Waals surface area contributed by atoms with Crippen LogP contribution in [0.4, 0.5) is 4.39 Å². The first-order chi connectivity index (χ1) is 9.65. The summed E-state index contributed by atoms with van der Waals surface area (Å²) in [5, 5.41) is 0. The highest BCUT2D eigenvalue weighted by Crippen LogP contribution is 2.26. The van der Waals surface area contributed by atoms with E-state index in [0.29, 0.717) is 0 Å². The lowest BCUT2D eigenvalue weighted by Gasteiger charge is -2.30. The summed E-state index contributed by atoms with van der Waals surface area (Å²) in [6, 6.07) is 6.92. The van der Waals surface area contributed by atoms with E-state index in [1.807, 2.05) is 6.07 Å². The van der Waals surface area contributed by atoms with Gasteiger partial charge in [0, 0.05) is 0 Å². The highest BCUT2D eigenvalue weighted by Gasteiger charge is 2.23. The maximum atomic E-state index is 13.0. The second-order valence-corrected chi connectivity index (χ2v) is 5.74. The van der Waals surface area contributed by atoms with Crippen molar-refractivity contribution in [2.75, 3.05) is 0 Å². The van der Waals surface area contributed by atoms with E-state index < -0.39 is 0 Å². The largest absolute Gasteiger partial charge is 0.413 e. The second kappa shape index (κ2) is 9.30. The molecule has 0 atom stereocenters. The van der Waals surface area contributed by atoms with Crippen molar-refractivity contribution in [3.8, 4) is 0 Å². The number of hydrogen-bond donors (Lipinski definition) is 0. The van der Waals surface area contributed by atoms with E-state index >= 15 is 0 Å². The lowest BCUT2D eigenvalue weighted by molar-refractivity contribution is 0.0583. The van der Waals surface area contributed by atoms with Crippen LogP contribution in [0.15, 0.2) is 24.3 Å². The van der Waals surface area contributed by atoms with Gasteiger partial charge < -0.3 is 4.43 Å². The minimum atomic E-state index is -0.132. The average Bonchev–Trinajstić information content (AvgIpc) is 2.47. The van der Waals surface area contributed by atoms with Crippen LogP contribution in [-0.2, 0) is 10.8 Å². The summed E-state index contributed by atoms with van der Waals surface area (Å²) >= 11 is 0. The maximum Gasteiger partial charge on any atom is 0.247 e. The third-order valence-corrected chi connectivity index (χ3v) is 4.68. The Morgan fingerprint density at radius 2 is 1.80 bits per heavy atom. The van der Waals surface area contributed by atoms with Crippen LogP contribution in [0.3, 0.4) is 0 Å². The Balaban J connectivity index is 2.16. The van der Waals surface area contributed by atoms with Crippen molar-refractivity contribution in [2.24, 2.45) is 0 Å². The number of unbranched alkanes of at least 4 members (excludes halogenated alkanes) is 3. The van der Waals surface area contributed by atoms with Crippen LogP contribution in [0.5, 0.6) is 0 Å². The molecule has 0 spiro atoms. The van der Waals surface area contributed by atoms with Crippen LogP contribution in [0.25, 0.3) is 0 Å². The fourth-order valence-corrected chi connectivity index (χ4v) is 3.01. The summed E-state index contributed by atoms with van der Waals surface area (Å²) in [4.78, 5) is 0. The molecule has 0 bridgehead atoms. The SMILES string of the molecule is CCC(CC)(CCCCCCc1cccc(F)c1)O[Si]. The van der Waals surface area contributed by atoms with Crippen LogP contribution in [0, 0.1) is 5.82 Å². The Bertz CT molecular complexity index is 369. The molecule has 1 nitrogen and oxygen atoms in total. The van der Waals surface area contributed by atoms with Crippen LogP contribution in [-0.4, -0.2) is 16.1 Å². The molecule has 111 valence electrons. The summed E-state index contributed by atoms with van der Waals surface area (Å²) in [6.07, 6.45) is 8.88. The second-order valence-electron chi connectivity index (χ2n) is 5.54. The predicted molar refractivity (Wildman–Crippen MR) is 83.3 cm³/mol. The molecule has 1 aromatic rings. The van der Waals surface area contributed by atoms with Gasteiger partial charge in [0.05, 0.1) is 5.60 Å². The van der Waals surface area contributed by atoms with E-state index in [4.69, 9.17) is 4.43 Å². The number of aryl methyl sites for hydroxylation is 1. The van der Waals surface area contributed by atoms with Gasteiger partial charge in [-0.3, -0.25) is 0 Å². The molecule has 0 aliphatic rings. The fraction of sp³-hybridized carbons (Fsp3) is 0.647. The van der Waals surface area contributed by atoms with E-state index in [1.54, 1.807) is 12.1 Å². The van der Waals surface area contributed by atoms with Gasteiger partial charge >= 0.3 is 0 Å². The predicted octanol–water partition coefficient (Wildman–Crippen LogP) is 4.98. The monoisotopic (exact) mass is 293 g/mol. The van der Waals surface area contributed by atoms with Gasteiger partial charge in [0.2, 0.25) is 10.5 Å². The maximum absolute atomic E-state index is 13.0. The Labute approximate surface area is 126 Å². The molecule has 0 saturated heterocycles. The third-order valence-electron chi connectivity index (χ3n) is 4.24. The van der Waals surface area contributed by atoms with Crippen molar-refractivity contribution in [2.45, 2.75) is 70.8 Å². The highest BCUT2D eigenvalue weighted by molar-refractivity contribution is 5.98. The number of halogens is 1. The molecular weight excluding hydrogens is 267 g/mol. The Kier molecular flexibility index (Phi) is 8.08. The molecule has 0 saturated carbocycles. The van der Waals surface area contributed by atoms with Crippen molar-refractivity contribution in [3.63, 3.8) is 0 Å². The normalized spacial score (nSPS) is 11.8. The lowest BCUT2D eigenvalue weighted by atomic mass is 9.90. The topological polar surface area (TPSA) is 9.23 Å². The molecule has 0 aromatic heterocycles. The zero-order chi connectivity index (χ0) is 14.8. The van der Waals surface area contributed by atoms with Crippen molar-refractivity contribution in [1.82, 2.24) is 0 Å². The molecule has 0 N–H and O–H groups in total. The molecule has 1 aromatic carbocycles. The molecule has 0 fully saturated rings. The molecule has 0 heterocycles. The first-order valence-corrected chi connectivity index (χ1v) is 8.16. The Morgan fingerprint density at radius 3 is 2.40 bits per heavy atom. The smallest absolute Gasteiger partial charge is 0.247 e. The number of benzene rings is 1. The summed E-state index contributed by atoms with van der Waals surface area (Å²) in [5.41, 5.74) is 1.10. The van der Waals surface area contributed by atoms with Crippen LogP contribution < -0.4 is 0 Å². The van der Waals surface area contributed by atoms with E-state index in [1.165, 1.54) is 25.3 Å². The minimum absolute atomic E-state index is 0.000548. The quantitative estimate of drug-likeness (QED) is 0.437. The van der Waals surface area contributed by atoms with Gasteiger partial charge in [0.25, 0.3) is 0 Å². The zero-order valence-electron chi connectivity index (χ0n) is 12.8. The highest BCUT2D eigenvalue weighted by atomic mass is 28.2. The lowest BCUT2D eigenvalue weighted by Crippen LogP contribution is -2.30. The van der Waals surface area contributed by atoms with Gasteiger partial charge in [0.1, 0.15) is 5.82 Å². The van der Waals surface area contributed by atoms with Crippen molar-refractivity contribution < 1.29 is 8.82 Å². The summed E-state index contributed by atoms with van der Waals surface area (Å²) < 4.78 is 18.5. The van der Waals surface area contributed by atoms with Crippen LogP contribution in [0.1, 0.15) is 64.4 Å². The first-order valence-electron chi connectivity index (χ1n) is 7.75. The molecule has 0 aliphatic heterocycles. The summed E-state index contributed by atoms with van der Waals surface area (Å²) in [5.74, 6) is -0.132. The van der Waals surface area contributed by atoms with Gasteiger partial charge in [-0.15, -0.1) is 0 Å². The van der Waals surface area contributed by atoms with Crippen molar-refractivity contribution in [3.05, 3.63) is 35.6 Å². The Hall–Kier alpha value is -0.673.